The third-order valence-corrected chi connectivity index (χ3v) is 4.26. The van der Waals surface area contributed by atoms with E-state index in [9.17, 15) is 9.59 Å². The molecule has 7 heteroatoms. The molecule has 2 amide bonds. The second-order valence-electron chi connectivity index (χ2n) is 6.61. The Labute approximate surface area is 169 Å². The lowest BCUT2D eigenvalue weighted by atomic mass is 10.1. The van der Waals surface area contributed by atoms with E-state index in [1.807, 2.05) is 38.1 Å². The summed E-state index contributed by atoms with van der Waals surface area (Å²) in [6.07, 6.45) is 2.28. The highest BCUT2D eigenvalue weighted by molar-refractivity contribution is 6.06. The molecule has 29 heavy (non-hydrogen) atoms. The van der Waals surface area contributed by atoms with E-state index in [0.29, 0.717) is 17.1 Å². The van der Waals surface area contributed by atoms with Crippen molar-refractivity contribution in [2.45, 2.75) is 27.2 Å². The maximum atomic E-state index is 12.8. The number of benzene rings is 2. The SMILES string of the molecule is CCc1ccc(Nc2cc(C)ncn2)cc1NC(=O)c1cccc(NC(C)=O)c1. The molecule has 0 aliphatic heterocycles. The number of aromatic nitrogens is 2. The number of nitrogens with zero attached hydrogens (tertiary/aromatic N) is 2. The third kappa shape index (κ3) is 5.38. The van der Waals surface area contributed by atoms with Gasteiger partial charge in [-0.15, -0.1) is 0 Å². The van der Waals surface area contributed by atoms with Gasteiger partial charge in [0, 0.05) is 41.3 Å². The van der Waals surface area contributed by atoms with Crippen LogP contribution in [0.3, 0.4) is 0 Å². The zero-order valence-electron chi connectivity index (χ0n) is 16.6. The molecule has 3 aromatic rings. The number of aryl methyl sites for hydroxylation is 2. The highest BCUT2D eigenvalue weighted by Gasteiger charge is 2.11. The van der Waals surface area contributed by atoms with Gasteiger partial charge in [-0.05, 0) is 49.2 Å². The monoisotopic (exact) mass is 389 g/mol. The average molecular weight is 389 g/mol. The van der Waals surface area contributed by atoms with E-state index in [2.05, 4.69) is 25.9 Å². The Kier molecular flexibility index (Phi) is 6.19. The summed E-state index contributed by atoms with van der Waals surface area (Å²) >= 11 is 0. The lowest BCUT2D eigenvalue weighted by molar-refractivity contribution is -0.114. The molecule has 0 unspecified atom stereocenters. The number of rotatable bonds is 6. The molecule has 3 N–H and O–H groups in total. The van der Waals surface area contributed by atoms with E-state index in [1.165, 1.54) is 13.3 Å². The first-order chi connectivity index (χ1) is 13.9. The molecule has 2 aromatic carbocycles. The van der Waals surface area contributed by atoms with Gasteiger partial charge in [0.05, 0.1) is 0 Å². The van der Waals surface area contributed by atoms with Crippen molar-refractivity contribution in [3.63, 3.8) is 0 Å². The van der Waals surface area contributed by atoms with Crippen molar-refractivity contribution in [1.82, 2.24) is 9.97 Å². The number of carbonyl (C=O) groups is 2. The number of anilines is 4. The molecule has 0 fully saturated rings. The molecule has 0 atom stereocenters. The van der Waals surface area contributed by atoms with Crippen molar-refractivity contribution >= 4 is 34.7 Å². The zero-order chi connectivity index (χ0) is 20.8. The third-order valence-electron chi connectivity index (χ3n) is 4.26. The standard InChI is InChI=1S/C22H23N5O2/c1-4-16-8-9-19(26-21-10-14(2)23-13-24-21)12-20(16)27-22(29)17-6-5-7-18(11-17)25-15(3)28/h5-13H,4H2,1-3H3,(H,25,28)(H,27,29)(H,23,24,26). The van der Waals surface area contributed by atoms with E-state index in [1.54, 1.807) is 24.3 Å². The Morgan fingerprint density at radius 1 is 0.966 bits per heavy atom. The maximum Gasteiger partial charge on any atom is 0.255 e. The van der Waals surface area contributed by atoms with Gasteiger partial charge in [0.25, 0.3) is 5.91 Å². The summed E-state index contributed by atoms with van der Waals surface area (Å²) in [6, 6.07) is 14.5. The summed E-state index contributed by atoms with van der Waals surface area (Å²) in [7, 11) is 0. The molecule has 0 saturated carbocycles. The summed E-state index contributed by atoms with van der Waals surface area (Å²) in [4.78, 5) is 32.3. The molecular formula is C22H23N5O2. The van der Waals surface area contributed by atoms with Gasteiger partial charge in [0.1, 0.15) is 12.1 Å². The van der Waals surface area contributed by atoms with Crippen LogP contribution in [0.15, 0.2) is 54.9 Å². The van der Waals surface area contributed by atoms with Crippen LogP contribution in [0.4, 0.5) is 22.9 Å². The molecule has 0 spiro atoms. The number of hydrogen-bond acceptors (Lipinski definition) is 5. The van der Waals surface area contributed by atoms with Crippen molar-refractivity contribution in [1.29, 1.82) is 0 Å². The molecular weight excluding hydrogens is 366 g/mol. The van der Waals surface area contributed by atoms with E-state index >= 15 is 0 Å². The van der Waals surface area contributed by atoms with Crippen LogP contribution in [0.5, 0.6) is 0 Å². The average Bonchev–Trinajstić information content (AvgIpc) is 2.68. The van der Waals surface area contributed by atoms with Crippen LogP contribution in [0.25, 0.3) is 0 Å². The number of carbonyl (C=O) groups excluding carboxylic acids is 2. The predicted octanol–water partition coefficient (Wildman–Crippen LogP) is 4.30. The van der Waals surface area contributed by atoms with Crippen LogP contribution in [-0.4, -0.2) is 21.8 Å². The van der Waals surface area contributed by atoms with Crippen LogP contribution < -0.4 is 16.0 Å². The van der Waals surface area contributed by atoms with Gasteiger partial charge in [0.2, 0.25) is 5.91 Å². The fraction of sp³-hybridized carbons (Fsp3) is 0.182. The normalized spacial score (nSPS) is 10.3. The molecule has 0 saturated heterocycles. The minimum atomic E-state index is -0.248. The Morgan fingerprint density at radius 2 is 1.79 bits per heavy atom. The van der Waals surface area contributed by atoms with Gasteiger partial charge < -0.3 is 16.0 Å². The van der Waals surface area contributed by atoms with Crippen molar-refractivity contribution < 1.29 is 9.59 Å². The molecule has 7 nitrogen and oxygen atoms in total. The molecule has 0 aliphatic carbocycles. The summed E-state index contributed by atoms with van der Waals surface area (Å²) in [5, 5.41) is 8.89. The van der Waals surface area contributed by atoms with Crippen LogP contribution in [0.2, 0.25) is 0 Å². The van der Waals surface area contributed by atoms with E-state index in [0.717, 1.165) is 29.1 Å². The highest BCUT2D eigenvalue weighted by atomic mass is 16.2. The van der Waals surface area contributed by atoms with Gasteiger partial charge >= 0.3 is 0 Å². The van der Waals surface area contributed by atoms with Gasteiger partial charge in [-0.1, -0.05) is 19.1 Å². The van der Waals surface area contributed by atoms with Gasteiger partial charge in [-0.25, -0.2) is 9.97 Å². The van der Waals surface area contributed by atoms with Crippen LogP contribution >= 0.6 is 0 Å². The zero-order valence-corrected chi connectivity index (χ0v) is 16.6. The fourth-order valence-corrected chi connectivity index (χ4v) is 2.89. The topological polar surface area (TPSA) is 96.0 Å². The van der Waals surface area contributed by atoms with Crippen molar-refractivity contribution in [3.8, 4) is 0 Å². The quantitative estimate of drug-likeness (QED) is 0.584. The van der Waals surface area contributed by atoms with E-state index < -0.39 is 0 Å². The molecule has 0 bridgehead atoms. The molecule has 148 valence electrons. The maximum absolute atomic E-state index is 12.8. The Hall–Kier alpha value is -3.74. The molecule has 0 radical (unpaired) electrons. The largest absolute Gasteiger partial charge is 0.340 e. The Bertz CT molecular complexity index is 1050. The first kappa shape index (κ1) is 20.0. The van der Waals surface area contributed by atoms with Gasteiger partial charge in [-0.2, -0.15) is 0 Å². The van der Waals surface area contributed by atoms with E-state index in [4.69, 9.17) is 0 Å². The highest BCUT2D eigenvalue weighted by Crippen LogP contribution is 2.25. The smallest absolute Gasteiger partial charge is 0.255 e. The second-order valence-corrected chi connectivity index (χ2v) is 6.61. The summed E-state index contributed by atoms with van der Waals surface area (Å²) in [6.45, 7) is 5.36. The first-order valence-electron chi connectivity index (χ1n) is 9.32. The predicted molar refractivity (Wildman–Crippen MR) is 115 cm³/mol. The molecule has 1 heterocycles. The van der Waals surface area contributed by atoms with Gasteiger partial charge in [-0.3, -0.25) is 9.59 Å². The van der Waals surface area contributed by atoms with Crippen LogP contribution in [0.1, 0.15) is 35.5 Å². The first-order valence-corrected chi connectivity index (χ1v) is 9.32. The lowest BCUT2D eigenvalue weighted by Gasteiger charge is -2.14. The van der Waals surface area contributed by atoms with Crippen molar-refractivity contribution in [2.24, 2.45) is 0 Å². The van der Waals surface area contributed by atoms with Gasteiger partial charge in [0.15, 0.2) is 0 Å². The molecule has 3 rings (SSSR count). The number of nitrogens with one attached hydrogen (secondary N) is 3. The summed E-state index contributed by atoms with van der Waals surface area (Å²) < 4.78 is 0. The minimum Gasteiger partial charge on any atom is -0.340 e. The molecule has 1 aromatic heterocycles. The molecule has 0 aliphatic rings. The summed E-state index contributed by atoms with van der Waals surface area (Å²) in [5.41, 5.74) is 4.44. The van der Waals surface area contributed by atoms with Crippen LogP contribution in [0, 0.1) is 6.92 Å². The summed E-state index contributed by atoms with van der Waals surface area (Å²) in [5.74, 6) is 0.249. The second kappa shape index (κ2) is 8.97. The lowest BCUT2D eigenvalue weighted by Crippen LogP contribution is -2.14. The van der Waals surface area contributed by atoms with Crippen LogP contribution in [-0.2, 0) is 11.2 Å². The van der Waals surface area contributed by atoms with E-state index in [-0.39, 0.29) is 11.8 Å². The number of hydrogen-bond donors (Lipinski definition) is 3. The minimum absolute atomic E-state index is 0.186. The fourth-order valence-electron chi connectivity index (χ4n) is 2.89. The Morgan fingerprint density at radius 3 is 2.52 bits per heavy atom. The van der Waals surface area contributed by atoms with Crippen molar-refractivity contribution in [2.75, 3.05) is 16.0 Å². The Balaban J connectivity index is 1.82. The number of amides is 2. The van der Waals surface area contributed by atoms with Crippen molar-refractivity contribution in [3.05, 3.63) is 71.7 Å².